The molecule has 1 fully saturated rings. The molecule has 1 saturated heterocycles. The van der Waals surface area contributed by atoms with Crippen molar-refractivity contribution in [2.24, 2.45) is 0 Å². The van der Waals surface area contributed by atoms with Crippen molar-refractivity contribution in [1.29, 1.82) is 0 Å². The number of likely N-dealkylation sites (N-methyl/N-ethyl adjacent to an activating group) is 1. The molecule has 0 aliphatic carbocycles. The SMILES string of the molecule is CN1CCN(c2cc(NC(=O)CCn3cnc4ccccc4c3=O)ncn2)CC1. The molecular formula is C20H23N7O2. The number of para-hydroxylation sites is 1. The number of hydrogen-bond donors (Lipinski definition) is 1. The van der Waals surface area contributed by atoms with E-state index in [4.69, 9.17) is 0 Å². The zero-order chi connectivity index (χ0) is 20.2. The average molecular weight is 393 g/mol. The molecule has 0 atom stereocenters. The van der Waals surface area contributed by atoms with Crippen LogP contribution in [0.2, 0.25) is 0 Å². The summed E-state index contributed by atoms with van der Waals surface area (Å²) in [6.45, 7) is 3.97. The Morgan fingerprint density at radius 2 is 1.90 bits per heavy atom. The van der Waals surface area contributed by atoms with E-state index >= 15 is 0 Å². The topological polar surface area (TPSA) is 96.2 Å². The second kappa shape index (κ2) is 8.36. The van der Waals surface area contributed by atoms with Crippen LogP contribution in [-0.2, 0) is 11.3 Å². The molecule has 1 amide bonds. The van der Waals surface area contributed by atoms with Crippen molar-refractivity contribution in [3.8, 4) is 0 Å². The van der Waals surface area contributed by atoms with Gasteiger partial charge < -0.3 is 15.1 Å². The lowest BCUT2D eigenvalue weighted by Gasteiger charge is -2.33. The number of nitrogens with one attached hydrogen (secondary N) is 1. The molecule has 3 aromatic rings. The van der Waals surface area contributed by atoms with E-state index < -0.39 is 0 Å². The zero-order valence-corrected chi connectivity index (χ0v) is 16.3. The highest BCUT2D eigenvalue weighted by atomic mass is 16.2. The molecule has 9 nitrogen and oxygen atoms in total. The molecule has 0 radical (unpaired) electrons. The molecule has 2 aromatic heterocycles. The van der Waals surface area contributed by atoms with Crippen molar-refractivity contribution in [3.05, 3.63) is 53.3 Å². The normalized spacial score (nSPS) is 14.9. The summed E-state index contributed by atoms with van der Waals surface area (Å²) in [5.74, 6) is 1.05. The molecule has 4 rings (SSSR count). The fourth-order valence-electron chi connectivity index (χ4n) is 3.32. The predicted molar refractivity (Wildman–Crippen MR) is 111 cm³/mol. The van der Waals surface area contributed by atoms with Gasteiger partial charge in [-0.3, -0.25) is 14.2 Å². The number of rotatable bonds is 5. The van der Waals surface area contributed by atoms with E-state index in [9.17, 15) is 9.59 Å². The van der Waals surface area contributed by atoms with Crippen molar-refractivity contribution in [2.75, 3.05) is 43.4 Å². The summed E-state index contributed by atoms with van der Waals surface area (Å²) >= 11 is 0. The Balaban J connectivity index is 1.38. The molecule has 0 saturated carbocycles. The monoisotopic (exact) mass is 393 g/mol. The van der Waals surface area contributed by atoms with Crippen LogP contribution >= 0.6 is 0 Å². The van der Waals surface area contributed by atoms with E-state index in [1.165, 1.54) is 17.2 Å². The van der Waals surface area contributed by atoms with Crippen LogP contribution in [0.4, 0.5) is 11.6 Å². The fraction of sp³-hybridized carbons (Fsp3) is 0.350. The lowest BCUT2D eigenvalue weighted by atomic mass is 10.2. The zero-order valence-electron chi connectivity index (χ0n) is 16.3. The van der Waals surface area contributed by atoms with E-state index in [0.29, 0.717) is 16.7 Å². The van der Waals surface area contributed by atoms with Crippen molar-refractivity contribution < 1.29 is 4.79 Å². The van der Waals surface area contributed by atoms with Crippen LogP contribution in [-0.4, -0.2) is 63.6 Å². The lowest BCUT2D eigenvalue weighted by molar-refractivity contribution is -0.116. The third-order valence-electron chi connectivity index (χ3n) is 5.06. The highest BCUT2D eigenvalue weighted by Crippen LogP contribution is 2.16. The number of aromatic nitrogens is 4. The number of hydrogen-bond acceptors (Lipinski definition) is 7. The molecule has 1 aromatic carbocycles. The quantitative estimate of drug-likeness (QED) is 0.690. The van der Waals surface area contributed by atoms with Crippen LogP contribution in [0, 0.1) is 0 Å². The Kier molecular flexibility index (Phi) is 5.48. The summed E-state index contributed by atoms with van der Waals surface area (Å²) in [4.78, 5) is 42.1. The van der Waals surface area contributed by atoms with E-state index in [1.807, 2.05) is 6.07 Å². The van der Waals surface area contributed by atoms with Crippen LogP contribution in [0.5, 0.6) is 0 Å². The van der Waals surface area contributed by atoms with Gasteiger partial charge in [-0.2, -0.15) is 0 Å². The third kappa shape index (κ3) is 4.40. The second-order valence-corrected chi connectivity index (χ2v) is 7.11. The van der Waals surface area contributed by atoms with Gasteiger partial charge in [0.05, 0.1) is 17.2 Å². The fourth-order valence-corrected chi connectivity index (χ4v) is 3.32. The van der Waals surface area contributed by atoms with Crippen LogP contribution in [0.3, 0.4) is 0 Å². The first-order chi connectivity index (χ1) is 14.1. The number of benzene rings is 1. The van der Waals surface area contributed by atoms with Gasteiger partial charge in [0.15, 0.2) is 0 Å². The smallest absolute Gasteiger partial charge is 0.261 e. The number of anilines is 2. The Bertz CT molecular complexity index is 1070. The molecule has 0 bridgehead atoms. The van der Waals surface area contributed by atoms with Gasteiger partial charge in [0.1, 0.15) is 18.0 Å². The molecule has 29 heavy (non-hydrogen) atoms. The number of nitrogens with zero attached hydrogens (tertiary/aromatic N) is 6. The van der Waals surface area contributed by atoms with Crippen molar-refractivity contribution in [2.45, 2.75) is 13.0 Å². The van der Waals surface area contributed by atoms with Crippen molar-refractivity contribution in [1.82, 2.24) is 24.4 Å². The average Bonchev–Trinajstić information content (AvgIpc) is 2.74. The first-order valence-corrected chi connectivity index (χ1v) is 9.60. The number of carbonyl (C=O) groups is 1. The summed E-state index contributed by atoms with van der Waals surface area (Å²) in [5.41, 5.74) is 0.499. The van der Waals surface area contributed by atoms with Gasteiger partial charge in [-0.1, -0.05) is 12.1 Å². The maximum absolute atomic E-state index is 12.5. The van der Waals surface area contributed by atoms with Crippen LogP contribution in [0.15, 0.2) is 47.8 Å². The van der Waals surface area contributed by atoms with E-state index in [1.54, 1.807) is 24.3 Å². The van der Waals surface area contributed by atoms with Crippen molar-refractivity contribution in [3.63, 3.8) is 0 Å². The van der Waals surface area contributed by atoms with E-state index in [2.05, 4.69) is 37.1 Å². The van der Waals surface area contributed by atoms with Gasteiger partial charge in [-0.05, 0) is 19.2 Å². The van der Waals surface area contributed by atoms with E-state index in [-0.39, 0.29) is 24.4 Å². The summed E-state index contributed by atoms with van der Waals surface area (Å²) in [5, 5.41) is 3.34. The molecule has 1 aliphatic heterocycles. The lowest BCUT2D eigenvalue weighted by Crippen LogP contribution is -2.44. The van der Waals surface area contributed by atoms with E-state index in [0.717, 1.165) is 32.0 Å². The molecule has 0 unspecified atom stereocenters. The van der Waals surface area contributed by atoms with Gasteiger partial charge in [0.25, 0.3) is 5.56 Å². The largest absolute Gasteiger partial charge is 0.354 e. The Hall–Kier alpha value is -3.33. The highest BCUT2D eigenvalue weighted by molar-refractivity contribution is 5.90. The minimum Gasteiger partial charge on any atom is -0.354 e. The molecule has 150 valence electrons. The molecule has 3 heterocycles. The number of amides is 1. The van der Waals surface area contributed by atoms with Gasteiger partial charge in [-0.15, -0.1) is 0 Å². The number of piperazine rings is 1. The van der Waals surface area contributed by atoms with Gasteiger partial charge in [0, 0.05) is 45.2 Å². The van der Waals surface area contributed by atoms with Gasteiger partial charge >= 0.3 is 0 Å². The summed E-state index contributed by atoms with van der Waals surface area (Å²) in [7, 11) is 2.10. The van der Waals surface area contributed by atoms with Gasteiger partial charge in [-0.25, -0.2) is 15.0 Å². The third-order valence-corrected chi connectivity index (χ3v) is 5.06. The predicted octanol–water partition coefficient (Wildman–Crippen LogP) is 0.967. The maximum Gasteiger partial charge on any atom is 0.261 e. The molecular weight excluding hydrogens is 370 g/mol. The van der Waals surface area contributed by atoms with Crippen LogP contribution in [0.25, 0.3) is 10.9 Å². The first-order valence-electron chi connectivity index (χ1n) is 9.60. The standard InChI is InChI=1S/C20H23N7O2/c1-25-8-10-26(11-9-25)18-12-17(21-13-22-18)24-19(28)6-7-27-14-23-16-5-3-2-4-15(16)20(27)29/h2-5,12-14H,6-11H2,1H3,(H,21,22,24,28). The minimum absolute atomic E-state index is 0.147. The summed E-state index contributed by atoms with van der Waals surface area (Å²) in [6, 6.07) is 8.95. The minimum atomic E-state index is -0.215. The molecule has 1 aliphatic rings. The van der Waals surface area contributed by atoms with Gasteiger partial charge in [0.2, 0.25) is 5.91 Å². The molecule has 0 spiro atoms. The van der Waals surface area contributed by atoms with Crippen molar-refractivity contribution >= 4 is 28.4 Å². The second-order valence-electron chi connectivity index (χ2n) is 7.11. The number of aryl methyl sites for hydroxylation is 1. The first kappa shape index (κ1) is 19.0. The van der Waals surface area contributed by atoms with Crippen LogP contribution in [0.1, 0.15) is 6.42 Å². The summed E-state index contributed by atoms with van der Waals surface area (Å²) in [6.07, 6.45) is 3.09. The molecule has 9 heteroatoms. The number of carbonyl (C=O) groups excluding carboxylic acids is 1. The summed E-state index contributed by atoms with van der Waals surface area (Å²) < 4.78 is 1.46. The Morgan fingerprint density at radius 3 is 2.72 bits per heavy atom. The maximum atomic E-state index is 12.5. The van der Waals surface area contributed by atoms with Crippen LogP contribution < -0.4 is 15.8 Å². The number of fused-ring (bicyclic) bond motifs is 1. The molecule has 1 N–H and O–H groups in total. The Labute approximate surface area is 168 Å². The Morgan fingerprint density at radius 1 is 1.10 bits per heavy atom. The highest BCUT2D eigenvalue weighted by Gasteiger charge is 2.16.